The molecule has 0 spiro atoms. The van der Waals surface area contributed by atoms with Crippen LogP contribution in [0.5, 0.6) is 0 Å². The van der Waals surface area contributed by atoms with Gasteiger partial charge < -0.3 is 0 Å². The maximum Gasteiger partial charge on any atom is 0.0772 e. The molecule has 3 heteroatoms. The number of hydrogen-bond donors (Lipinski definition) is 0. The summed E-state index contributed by atoms with van der Waals surface area (Å²) in [6.45, 7) is 4.60. The second-order valence-corrected chi connectivity index (χ2v) is 12.3. The second kappa shape index (κ2) is 8.78. The predicted molar refractivity (Wildman–Crippen MR) is 54.9 cm³/mol. The highest BCUT2D eigenvalue weighted by atomic mass is 32.5. The molecule has 0 aromatic heterocycles. The van der Waals surface area contributed by atoms with E-state index in [-0.39, 0.29) is 0 Å². The average molecular weight is 178 g/mol. The van der Waals surface area contributed by atoms with Gasteiger partial charge in [0.2, 0.25) is 0 Å². The summed E-state index contributed by atoms with van der Waals surface area (Å²) in [5.74, 6) is 0. The zero-order valence-electron chi connectivity index (χ0n) is 6.65. The molecule has 0 radical (unpaired) electrons. The van der Waals surface area contributed by atoms with Crippen LogP contribution in [0.3, 0.4) is 0 Å². The van der Waals surface area contributed by atoms with Crippen LogP contribution >= 0.6 is 10.7 Å². The van der Waals surface area contributed by atoms with Gasteiger partial charge in [-0.1, -0.05) is 38.8 Å². The van der Waals surface area contributed by atoms with E-state index in [0.29, 0.717) is 17.3 Å². The van der Waals surface area contributed by atoms with Gasteiger partial charge in [-0.3, -0.25) is 0 Å². The van der Waals surface area contributed by atoms with Crippen molar-refractivity contribution in [1.29, 1.82) is 0 Å². The lowest BCUT2D eigenvalue weighted by atomic mass is 10.6. The van der Waals surface area contributed by atoms with E-state index in [0.717, 1.165) is 0 Å². The van der Waals surface area contributed by atoms with Crippen LogP contribution in [0.2, 0.25) is 12.1 Å². The van der Waals surface area contributed by atoms with Crippen LogP contribution in [0.15, 0.2) is 0 Å². The molecule has 0 atom stereocenters. The third-order valence-corrected chi connectivity index (χ3v) is 12.5. The van der Waals surface area contributed by atoms with Crippen LogP contribution in [0.4, 0.5) is 0 Å². The maximum atomic E-state index is 2.38. The molecule has 0 fully saturated rings. The Morgan fingerprint density at radius 2 is 1.44 bits per heavy atom. The lowest BCUT2D eigenvalue weighted by Gasteiger charge is -1.95. The van der Waals surface area contributed by atoms with Crippen molar-refractivity contribution in [2.24, 2.45) is 0 Å². The summed E-state index contributed by atoms with van der Waals surface area (Å²) in [6, 6.07) is 3.14. The normalized spacial score (nSPS) is 12.7. The number of rotatable bonds is 6. The Kier molecular flexibility index (Phi) is 9.55. The van der Waals surface area contributed by atoms with E-state index >= 15 is 0 Å². The SMILES string of the molecule is CCC[SiH2]S[SiH2]CCC. The summed E-state index contributed by atoms with van der Waals surface area (Å²) in [5, 5.41) is 0. The van der Waals surface area contributed by atoms with E-state index in [4.69, 9.17) is 0 Å². The fraction of sp³-hybridized carbons (Fsp3) is 1.00. The first-order valence-corrected chi connectivity index (χ1v) is 10.6. The van der Waals surface area contributed by atoms with Crippen molar-refractivity contribution in [1.82, 2.24) is 0 Å². The monoisotopic (exact) mass is 178 g/mol. The van der Waals surface area contributed by atoms with Gasteiger partial charge in [-0.05, 0) is 0 Å². The van der Waals surface area contributed by atoms with Crippen molar-refractivity contribution in [3.8, 4) is 0 Å². The Hall–Kier alpha value is 0.784. The molecule has 0 nitrogen and oxygen atoms in total. The molecule has 0 saturated carbocycles. The lowest BCUT2D eigenvalue weighted by Crippen LogP contribution is -1.87. The van der Waals surface area contributed by atoms with Crippen molar-refractivity contribution in [3.05, 3.63) is 0 Å². The van der Waals surface area contributed by atoms with Gasteiger partial charge in [-0.25, -0.2) is 10.7 Å². The zero-order valence-corrected chi connectivity index (χ0v) is 10.3. The summed E-state index contributed by atoms with van der Waals surface area (Å²) in [7, 11) is 3.12. The highest BCUT2D eigenvalue weighted by Gasteiger charge is 1.87. The molecular weight excluding hydrogens is 160 g/mol. The van der Waals surface area contributed by atoms with Gasteiger partial charge in [0.25, 0.3) is 0 Å². The molecular formula is C6H18SSi2. The van der Waals surface area contributed by atoms with Crippen molar-refractivity contribution < 1.29 is 0 Å². The van der Waals surface area contributed by atoms with Crippen LogP contribution in [0.25, 0.3) is 0 Å². The minimum Gasteiger partial charge on any atom is -0.221 e. The minimum atomic E-state index is 0.369. The summed E-state index contributed by atoms with van der Waals surface area (Å²) in [6.07, 6.45) is 2.86. The minimum absolute atomic E-state index is 0.369. The molecule has 0 aliphatic carbocycles. The van der Waals surface area contributed by atoms with Gasteiger partial charge >= 0.3 is 0 Å². The first-order valence-electron chi connectivity index (χ1n) is 3.99. The van der Waals surface area contributed by atoms with Crippen molar-refractivity contribution >= 4 is 28.0 Å². The fourth-order valence-corrected chi connectivity index (χ4v) is 10.9. The van der Waals surface area contributed by atoms with Gasteiger partial charge in [-0.15, -0.1) is 0 Å². The van der Waals surface area contributed by atoms with Crippen molar-refractivity contribution in [2.75, 3.05) is 0 Å². The highest BCUT2D eigenvalue weighted by molar-refractivity contribution is 8.40. The maximum absolute atomic E-state index is 2.38. The molecule has 0 bridgehead atoms. The fourth-order valence-electron chi connectivity index (χ4n) is 0.595. The van der Waals surface area contributed by atoms with Crippen LogP contribution in [0, 0.1) is 0 Å². The molecule has 9 heavy (non-hydrogen) atoms. The molecule has 0 unspecified atom stereocenters. The summed E-state index contributed by atoms with van der Waals surface area (Å²) < 4.78 is 0. The first-order chi connectivity index (χ1) is 4.41. The Labute approximate surface area is 67.1 Å². The molecule has 0 aromatic carbocycles. The predicted octanol–water partition coefficient (Wildman–Crippen LogP) is 1.54. The van der Waals surface area contributed by atoms with E-state index in [1.54, 1.807) is 12.1 Å². The third-order valence-electron chi connectivity index (χ3n) is 1.28. The highest BCUT2D eigenvalue weighted by Crippen LogP contribution is 2.03. The molecule has 0 N–H and O–H groups in total. The largest absolute Gasteiger partial charge is 0.221 e. The molecule has 0 aromatic rings. The zero-order chi connectivity index (χ0) is 6.95. The molecule has 0 amide bonds. The summed E-state index contributed by atoms with van der Waals surface area (Å²) in [5.41, 5.74) is 0. The van der Waals surface area contributed by atoms with Gasteiger partial charge in [0, 0.05) is 0 Å². The van der Waals surface area contributed by atoms with Crippen LogP contribution < -0.4 is 0 Å². The van der Waals surface area contributed by atoms with E-state index < -0.39 is 0 Å². The van der Waals surface area contributed by atoms with E-state index in [2.05, 4.69) is 24.5 Å². The topological polar surface area (TPSA) is 0 Å². The Morgan fingerprint density at radius 1 is 1.00 bits per heavy atom. The van der Waals surface area contributed by atoms with Gasteiger partial charge in [0.1, 0.15) is 0 Å². The Morgan fingerprint density at radius 3 is 1.78 bits per heavy atom. The van der Waals surface area contributed by atoms with Crippen LogP contribution in [0.1, 0.15) is 26.7 Å². The molecule has 0 saturated heterocycles. The van der Waals surface area contributed by atoms with E-state index in [1.807, 2.05) is 0 Å². The van der Waals surface area contributed by atoms with Gasteiger partial charge in [0.05, 0.1) is 17.3 Å². The van der Waals surface area contributed by atoms with Crippen LogP contribution in [-0.2, 0) is 0 Å². The molecule has 0 rings (SSSR count). The Bertz CT molecular complexity index is 44.3. The molecule has 0 aliphatic rings. The summed E-state index contributed by atoms with van der Waals surface area (Å²) >= 11 is 0. The lowest BCUT2D eigenvalue weighted by molar-refractivity contribution is 1.08. The molecule has 0 aliphatic heterocycles. The third kappa shape index (κ3) is 8.78. The van der Waals surface area contributed by atoms with Gasteiger partial charge in [0.15, 0.2) is 0 Å². The van der Waals surface area contributed by atoms with Crippen LogP contribution in [-0.4, -0.2) is 17.3 Å². The quantitative estimate of drug-likeness (QED) is 0.439. The average Bonchev–Trinajstić information content (AvgIpc) is 1.89. The molecule has 0 heterocycles. The summed E-state index contributed by atoms with van der Waals surface area (Å²) in [4.78, 5) is 0. The second-order valence-electron chi connectivity index (χ2n) is 2.32. The van der Waals surface area contributed by atoms with Gasteiger partial charge in [-0.2, -0.15) is 0 Å². The number of hydrogen-bond acceptors (Lipinski definition) is 1. The smallest absolute Gasteiger partial charge is 0.0772 e. The van der Waals surface area contributed by atoms with E-state index in [9.17, 15) is 0 Å². The van der Waals surface area contributed by atoms with E-state index in [1.165, 1.54) is 12.8 Å². The van der Waals surface area contributed by atoms with Crippen molar-refractivity contribution in [2.45, 2.75) is 38.8 Å². The first kappa shape index (κ1) is 9.78. The van der Waals surface area contributed by atoms with Crippen molar-refractivity contribution in [3.63, 3.8) is 0 Å². The molecule has 56 valence electrons. The standard InChI is InChI=1S/C6H18SSi2/c1-3-5-8-7-9-6-4-2/h3-6,8-9H2,1-2H3. The Balaban J connectivity index is 2.60.